The van der Waals surface area contributed by atoms with Crippen molar-refractivity contribution in [2.24, 2.45) is 0 Å². The van der Waals surface area contributed by atoms with Gasteiger partial charge in [-0.25, -0.2) is 9.13 Å². The predicted octanol–water partition coefficient (Wildman–Crippen LogP) is -0.652. The first-order valence-electron chi connectivity index (χ1n) is 8.46. The number of nitrogens with zero attached hydrogens (tertiary/aromatic N) is 8. The number of hydrogen-bond donors (Lipinski definition) is 0. The first-order valence-corrected chi connectivity index (χ1v) is 8.46. The number of aromatic nitrogens is 8. The van der Waals surface area contributed by atoms with Crippen LogP contribution >= 0.6 is 0 Å². The molecule has 128 valence electrons. The zero-order chi connectivity index (χ0) is 17.3. The summed E-state index contributed by atoms with van der Waals surface area (Å²) in [7, 11) is 0. The van der Waals surface area contributed by atoms with Crippen LogP contribution in [-0.2, 0) is 25.9 Å². The van der Waals surface area contributed by atoms with Crippen molar-refractivity contribution in [3.05, 3.63) is 83.5 Å². The summed E-state index contributed by atoms with van der Waals surface area (Å²) in [6.45, 7) is 1.19. The summed E-state index contributed by atoms with van der Waals surface area (Å²) in [5.41, 5.74) is 2.29. The number of rotatable bonds is 0. The molecule has 0 fully saturated rings. The average molecular weight is 344 g/mol. The molecule has 26 heavy (non-hydrogen) atoms. The van der Waals surface area contributed by atoms with Crippen LogP contribution in [0.5, 0.6) is 0 Å². The smallest absolute Gasteiger partial charge is 0.178 e. The minimum absolute atomic E-state index is 0.593. The maximum Gasteiger partial charge on any atom is 0.178 e. The largest absolute Gasteiger partial charge is 0.366 e. The van der Waals surface area contributed by atoms with Crippen molar-refractivity contribution in [2.45, 2.75) is 25.9 Å². The summed E-state index contributed by atoms with van der Waals surface area (Å²) in [6.07, 6.45) is 9.39. The highest BCUT2D eigenvalue weighted by molar-refractivity contribution is 5.16. The summed E-state index contributed by atoms with van der Waals surface area (Å²) in [5.74, 6) is 2.92. The monoisotopic (exact) mass is 344 g/mol. The molecule has 8 rings (SSSR count). The quantitative estimate of drug-likeness (QED) is 0.347. The van der Waals surface area contributed by atoms with Gasteiger partial charge in [-0.3, -0.25) is 0 Å². The highest BCUT2D eigenvalue weighted by Gasteiger charge is 2.07. The van der Waals surface area contributed by atoms with Gasteiger partial charge in [0.25, 0.3) is 0 Å². The van der Waals surface area contributed by atoms with E-state index < -0.39 is 0 Å². The molecule has 8 bridgehead atoms. The topological polar surface area (TPSA) is 87.5 Å². The van der Waals surface area contributed by atoms with Gasteiger partial charge < -0.3 is 30.4 Å². The Kier molecular flexibility index (Phi) is 3.52. The summed E-state index contributed by atoms with van der Waals surface area (Å²) in [4.78, 5) is 9.09. The zero-order valence-electron chi connectivity index (χ0n) is 14.0. The molecule has 0 spiro atoms. The van der Waals surface area contributed by atoms with E-state index in [4.69, 9.17) is 0 Å². The van der Waals surface area contributed by atoms with Crippen molar-refractivity contribution in [2.75, 3.05) is 0 Å². The first-order chi connectivity index (χ1) is 12.8. The summed E-state index contributed by atoms with van der Waals surface area (Å²) in [5, 5.41) is 16.8. The molecular weight excluding hydrogens is 328 g/mol. The van der Waals surface area contributed by atoms with Gasteiger partial charge in [0.15, 0.2) is 37.9 Å². The Balaban J connectivity index is 1.52. The highest BCUT2D eigenvalue weighted by atomic mass is 15.2. The molecule has 4 aromatic heterocycles. The minimum atomic E-state index is 0.593. The molecule has 0 aromatic carbocycles. The summed E-state index contributed by atoms with van der Waals surface area (Å²) in [6, 6.07) is 8.24. The molecule has 0 amide bonds. The molecule has 0 atom stereocenters. The SMILES string of the molecule is c1c[n+]2ccc1Cc1nnc([n-]1)Cc1cc[n+](cc1)Cc1nnc([n-]1)C2. The van der Waals surface area contributed by atoms with E-state index in [0.717, 1.165) is 22.8 Å². The number of hydrogen-bond acceptors (Lipinski definition) is 4. The second-order valence-electron chi connectivity index (χ2n) is 6.40. The van der Waals surface area contributed by atoms with Crippen LogP contribution in [-0.4, -0.2) is 20.4 Å². The van der Waals surface area contributed by atoms with Crippen molar-refractivity contribution >= 4 is 0 Å². The lowest BCUT2D eigenvalue weighted by molar-refractivity contribution is -0.690. The van der Waals surface area contributed by atoms with Crippen LogP contribution in [0.2, 0.25) is 0 Å². The van der Waals surface area contributed by atoms with Gasteiger partial charge in [0, 0.05) is 37.1 Å². The molecule has 8 nitrogen and oxygen atoms in total. The maximum absolute atomic E-state index is 4.56. The Hall–Kier alpha value is -3.42. The van der Waals surface area contributed by atoms with Gasteiger partial charge >= 0.3 is 0 Å². The molecule has 0 unspecified atom stereocenters. The van der Waals surface area contributed by atoms with Gasteiger partial charge in [-0.15, -0.1) is 0 Å². The summed E-state index contributed by atoms with van der Waals surface area (Å²) >= 11 is 0. The van der Waals surface area contributed by atoms with Gasteiger partial charge in [-0.1, -0.05) is 0 Å². The normalized spacial score (nSPS) is 13.5. The molecule has 0 radical (unpaired) electrons. The van der Waals surface area contributed by atoms with Crippen LogP contribution in [0.1, 0.15) is 34.4 Å². The third kappa shape index (κ3) is 3.08. The van der Waals surface area contributed by atoms with E-state index in [9.17, 15) is 0 Å². The third-order valence-corrected chi connectivity index (χ3v) is 4.37. The Morgan fingerprint density at radius 1 is 0.577 bits per heavy atom. The van der Waals surface area contributed by atoms with E-state index in [-0.39, 0.29) is 0 Å². The van der Waals surface area contributed by atoms with Gasteiger partial charge in [-0.05, 0) is 22.8 Å². The molecule has 4 aliphatic heterocycles. The molecule has 4 aliphatic rings. The Morgan fingerprint density at radius 3 is 1.42 bits per heavy atom. The van der Waals surface area contributed by atoms with E-state index in [1.165, 1.54) is 0 Å². The van der Waals surface area contributed by atoms with Crippen molar-refractivity contribution in [1.29, 1.82) is 0 Å². The van der Waals surface area contributed by atoms with Gasteiger partial charge in [0.2, 0.25) is 0 Å². The molecule has 8 heterocycles. The Bertz CT molecular complexity index is 865. The van der Waals surface area contributed by atoms with E-state index in [0.29, 0.717) is 37.6 Å². The lowest BCUT2D eigenvalue weighted by Crippen LogP contribution is -2.35. The second kappa shape index (κ2) is 6.14. The van der Waals surface area contributed by atoms with Crippen molar-refractivity contribution in [3.63, 3.8) is 0 Å². The third-order valence-electron chi connectivity index (χ3n) is 4.37. The highest BCUT2D eigenvalue weighted by Crippen LogP contribution is 2.07. The van der Waals surface area contributed by atoms with Crippen molar-refractivity contribution in [1.82, 2.24) is 30.4 Å². The van der Waals surface area contributed by atoms with Crippen molar-refractivity contribution < 1.29 is 9.13 Å². The maximum atomic E-state index is 4.56. The van der Waals surface area contributed by atoms with E-state index >= 15 is 0 Å². The molecule has 0 saturated heterocycles. The van der Waals surface area contributed by atoms with Crippen molar-refractivity contribution in [3.8, 4) is 0 Å². The van der Waals surface area contributed by atoms with E-state index in [1.54, 1.807) is 0 Å². The molecule has 0 saturated carbocycles. The van der Waals surface area contributed by atoms with Crippen LogP contribution in [0.3, 0.4) is 0 Å². The Labute approximate surface area is 149 Å². The Morgan fingerprint density at radius 2 is 0.962 bits per heavy atom. The van der Waals surface area contributed by atoms with Crippen LogP contribution < -0.4 is 19.1 Å². The lowest BCUT2D eigenvalue weighted by atomic mass is 10.2. The molecule has 8 heteroatoms. The standard InChI is InChI=1S/C18H16N8/c1-5-25-6-2-13(1)9-15-19-16(22-21-15)10-14-3-7-26(8-4-14)12-18-20-17(11-25)23-24-18/h1-8H,9-12H2. The lowest BCUT2D eigenvalue weighted by Gasteiger charge is -2.04. The molecule has 4 aromatic rings. The summed E-state index contributed by atoms with van der Waals surface area (Å²) < 4.78 is 4.07. The molecule has 0 N–H and O–H groups in total. The molecule has 0 aliphatic carbocycles. The van der Waals surface area contributed by atoms with Crippen LogP contribution in [0, 0.1) is 0 Å². The van der Waals surface area contributed by atoms with Gasteiger partial charge in [-0.2, -0.15) is 0 Å². The fourth-order valence-corrected chi connectivity index (χ4v) is 3.02. The number of pyridine rings is 2. The zero-order valence-corrected chi connectivity index (χ0v) is 14.0. The van der Waals surface area contributed by atoms with Gasteiger partial charge in [0.1, 0.15) is 0 Å². The van der Waals surface area contributed by atoms with Crippen LogP contribution in [0.25, 0.3) is 0 Å². The van der Waals surface area contributed by atoms with Gasteiger partial charge in [0.05, 0.1) is 11.6 Å². The van der Waals surface area contributed by atoms with E-state index in [1.807, 2.05) is 33.9 Å². The van der Waals surface area contributed by atoms with Crippen LogP contribution in [0.4, 0.5) is 0 Å². The molecular formula is C18H16N8. The second-order valence-corrected chi connectivity index (χ2v) is 6.40. The predicted molar refractivity (Wildman–Crippen MR) is 87.8 cm³/mol. The fraction of sp³-hybridized carbons (Fsp3) is 0.222. The fourth-order valence-electron chi connectivity index (χ4n) is 3.02. The average Bonchev–Trinajstić information content (AvgIpc) is 3.27. The first kappa shape index (κ1) is 14.9. The van der Waals surface area contributed by atoms with E-state index in [2.05, 4.69) is 54.6 Å². The minimum Gasteiger partial charge on any atom is -0.366 e. The van der Waals surface area contributed by atoms with Crippen LogP contribution in [0.15, 0.2) is 49.1 Å².